The first-order chi connectivity index (χ1) is 15.0. The van der Waals surface area contributed by atoms with Crippen LogP contribution in [0, 0.1) is 0 Å². The highest BCUT2D eigenvalue weighted by atomic mass is 16.3. The molecule has 174 valence electrons. The van der Waals surface area contributed by atoms with Gasteiger partial charge in [0.1, 0.15) is 11.8 Å². The smallest absolute Gasteiger partial charge is 0.240 e. The Hall–Kier alpha value is -3.31. The van der Waals surface area contributed by atoms with E-state index in [0.717, 1.165) is 12.5 Å². The van der Waals surface area contributed by atoms with Crippen LogP contribution in [0.1, 0.15) is 31.7 Å². The summed E-state index contributed by atoms with van der Waals surface area (Å²) in [5, 5.41) is 11.6. The Morgan fingerprint density at radius 1 is 1.12 bits per heavy atom. The minimum Gasteiger partial charge on any atom is -0.508 e. The molecule has 2 rings (SSSR count). The van der Waals surface area contributed by atoms with Crippen LogP contribution in [-0.4, -0.2) is 70.0 Å². The van der Waals surface area contributed by atoms with Crippen LogP contribution >= 0.6 is 0 Å². The fourth-order valence-corrected chi connectivity index (χ4v) is 3.64. The van der Waals surface area contributed by atoms with E-state index in [0.29, 0.717) is 12.8 Å². The molecule has 1 saturated heterocycles. The van der Waals surface area contributed by atoms with Crippen molar-refractivity contribution >= 4 is 29.3 Å². The van der Waals surface area contributed by atoms with E-state index in [1.54, 1.807) is 12.1 Å². The van der Waals surface area contributed by atoms with Crippen molar-refractivity contribution in [2.24, 2.45) is 17.2 Å². The van der Waals surface area contributed by atoms with Crippen LogP contribution in [0.2, 0.25) is 0 Å². The normalized spacial score (nSPS) is 18.5. The van der Waals surface area contributed by atoms with Gasteiger partial charge in [-0.05, 0) is 43.9 Å². The summed E-state index contributed by atoms with van der Waals surface area (Å²) < 4.78 is 0. The number of phenolic OH excluding ortho intramolecular Hbond substituents is 1. The molecule has 1 aromatic carbocycles. The maximum Gasteiger partial charge on any atom is 0.240 e. The van der Waals surface area contributed by atoms with Crippen molar-refractivity contribution < 1.29 is 29.1 Å². The third-order valence-electron chi connectivity index (χ3n) is 5.31. The number of benzene rings is 1. The van der Waals surface area contributed by atoms with Crippen molar-refractivity contribution in [3.05, 3.63) is 29.8 Å². The van der Waals surface area contributed by atoms with Crippen molar-refractivity contribution in [1.82, 2.24) is 10.2 Å². The van der Waals surface area contributed by atoms with Gasteiger partial charge in [0.15, 0.2) is 11.6 Å². The van der Waals surface area contributed by atoms with E-state index in [1.807, 2.05) is 0 Å². The average molecular weight is 447 g/mol. The van der Waals surface area contributed by atoms with Gasteiger partial charge in [0.2, 0.25) is 17.7 Å². The summed E-state index contributed by atoms with van der Waals surface area (Å²) in [7, 11) is 0. The molecule has 11 heteroatoms. The second-order valence-electron chi connectivity index (χ2n) is 7.90. The minimum atomic E-state index is -1.51. The van der Waals surface area contributed by atoms with Gasteiger partial charge in [0, 0.05) is 6.54 Å². The molecule has 1 aliphatic heterocycles. The number of amides is 3. The molecule has 1 heterocycles. The van der Waals surface area contributed by atoms with Crippen LogP contribution in [0.5, 0.6) is 5.75 Å². The van der Waals surface area contributed by atoms with Gasteiger partial charge in [-0.1, -0.05) is 12.1 Å². The summed E-state index contributed by atoms with van der Waals surface area (Å²) in [6.45, 7) is 1.43. The zero-order valence-electron chi connectivity index (χ0n) is 17.8. The number of hydrogen-bond donors (Lipinski definition) is 5. The lowest BCUT2D eigenvalue weighted by Crippen LogP contribution is -2.57. The van der Waals surface area contributed by atoms with Crippen molar-refractivity contribution in [3.63, 3.8) is 0 Å². The molecule has 32 heavy (non-hydrogen) atoms. The predicted molar refractivity (Wildman–Crippen MR) is 114 cm³/mol. The summed E-state index contributed by atoms with van der Waals surface area (Å²) in [6, 6.07) is 1.60. The van der Waals surface area contributed by atoms with Gasteiger partial charge in [0.25, 0.3) is 0 Å². The molecule has 0 saturated carbocycles. The van der Waals surface area contributed by atoms with Crippen LogP contribution in [0.4, 0.5) is 0 Å². The number of likely N-dealkylation sites (tertiary alicyclic amines) is 1. The highest BCUT2D eigenvalue weighted by Gasteiger charge is 2.41. The number of rotatable bonds is 10. The van der Waals surface area contributed by atoms with Crippen molar-refractivity contribution in [2.45, 2.75) is 56.8 Å². The van der Waals surface area contributed by atoms with Gasteiger partial charge in [0.05, 0.1) is 24.5 Å². The van der Waals surface area contributed by atoms with Crippen molar-refractivity contribution in [1.29, 1.82) is 0 Å². The van der Waals surface area contributed by atoms with Gasteiger partial charge in [-0.2, -0.15) is 0 Å². The zero-order valence-corrected chi connectivity index (χ0v) is 17.8. The SMILES string of the molecule is CC(=O)C(NC(=O)[C@@H](N)CC(N)=O)C(=O)[C@@H]1CCCN1C(=O)[C@@H](N)Cc1ccc(O)cc1. The Balaban J connectivity index is 2.09. The number of ketones is 2. The number of nitrogens with zero attached hydrogens (tertiary/aromatic N) is 1. The summed E-state index contributed by atoms with van der Waals surface area (Å²) in [4.78, 5) is 62.6. The summed E-state index contributed by atoms with van der Waals surface area (Å²) >= 11 is 0. The van der Waals surface area contributed by atoms with Gasteiger partial charge in [-0.15, -0.1) is 0 Å². The molecule has 0 spiro atoms. The Morgan fingerprint density at radius 3 is 2.31 bits per heavy atom. The van der Waals surface area contributed by atoms with Gasteiger partial charge < -0.3 is 32.5 Å². The zero-order chi connectivity index (χ0) is 24.0. The number of aromatic hydroxyl groups is 1. The molecule has 3 amide bonds. The fraction of sp³-hybridized carbons (Fsp3) is 0.476. The van der Waals surface area contributed by atoms with Crippen LogP contribution in [0.15, 0.2) is 24.3 Å². The molecule has 0 aliphatic carbocycles. The molecular formula is C21H29N5O6. The Morgan fingerprint density at radius 2 is 1.75 bits per heavy atom. The van der Waals surface area contributed by atoms with E-state index < -0.39 is 59.9 Å². The average Bonchev–Trinajstić information content (AvgIpc) is 3.21. The van der Waals surface area contributed by atoms with Crippen LogP contribution in [0.3, 0.4) is 0 Å². The minimum absolute atomic E-state index is 0.0896. The lowest BCUT2D eigenvalue weighted by molar-refractivity contribution is -0.142. The predicted octanol–water partition coefficient (Wildman–Crippen LogP) is -1.90. The summed E-state index contributed by atoms with van der Waals surface area (Å²) in [6.07, 6.45) is 0.619. The quantitative estimate of drug-likeness (QED) is 0.256. The first kappa shape index (κ1) is 25.0. The monoisotopic (exact) mass is 447 g/mol. The second-order valence-corrected chi connectivity index (χ2v) is 7.90. The van der Waals surface area contributed by atoms with E-state index in [9.17, 15) is 29.1 Å². The number of carbonyl (C=O) groups excluding carboxylic acids is 5. The molecule has 11 nitrogen and oxygen atoms in total. The van der Waals surface area contributed by atoms with Crippen LogP contribution in [0.25, 0.3) is 0 Å². The first-order valence-electron chi connectivity index (χ1n) is 10.2. The maximum absolute atomic E-state index is 13.1. The Kier molecular flexibility index (Phi) is 8.44. The maximum atomic E-state index is 13.1. The summed E-state index contributed by atoms with van der Waals surface area (Å²) in [5.41, 5.74) is 17.4. The Bertz CT molecular complexity index is 887. The Labute approximate surface area is 185 Å². The third kappa shape index (κ3) is 6.34. The van der Waals surface area contributed by atoms with Crippen molar-refractivity contribution in [2.75, 3.05) is 6.54 Å². The van der Waals surface area contributed by atoms with Crippen LogP contribution in [-0.2, 0) is 30.4 Å². The number of nitrogens with one attached hydrogen (secondary N) is 1. The van der Waals surface area contributed by atoms with E-state index >= 15 is 0 Å². The fourth-order valence-electron chi connectivity index (χ4n) is 3.64. The lowest BCUT2D eigenvalue weighted by Gasteiger charge is -2.29. The molecule has 0 radical (unpaired) electrons. The molecule has 1 aliphatic rings. The van der Waals surface area contributed by atoms with E-state index in [-0.39, 0.29) is 18.7 Å². The van der Waals surface area contributed by atoms with E-state index in [4.69, 9.17) is 17.2 Å². The number of hydrogen-bond acceptors (Lipinski definition) is 8. The molecule has 8 N–H and O–H groups in total. The highest BCUT2D eigenvalue weighted by Crippen LogP contribution is 2.21. The number of carbonyl (C=O) groups is 5. The molecule has 0 bridgehead atoms. The summed E-state index contributed by atoms with van der Waals surface area (Å²) in [5.74, 6) is -3.28. The molecular weight excluding hydrogens is 418 g/mol. The van der Waals surface area contributed by atoms with Crippen molar-refractivity contribution in [3.8, 4) is 5.75 Å². The van der Waals surface area contributed by atoms with E-state index in [1.165, 1.54) is 17.0 Å². The highest BCUT2D eigenvalue weighted by molar-refractivity contribution is 6.11. The topological polar surface area (TPSA) is 199 Å². The standard InChI is InChI=1S/C21H29N5O6/c1-11(27)18(25-20(31)14(22)10-17(24)29)19(30)16-3-2-8-26(16)21(32)15(23)9-12-4-6-13(28)7-5-12/h4-7,14-16,18,28H,2-3,8-10,22-23H2,1H3,(H2,24,29)(H,25,31)/t14-,15-,16-,18?/m0/s1. The molecule has 1 aromatic rings. The van der Waals surface area contributed by atoms with Gasteiger partial charge in [-0.3, -0.25) is 24.0 Å². The third-order valence-corrected chi connectivity index (χ3v) is 5.31. The molecule has 1 fully saturated rings. The number of nitrogens with two attached hydrogens (primary N) is 3. The second kappa shape index (κ2) is 10.8. The molecule has 4 atom stereocenters. The number of Topliss-reactive ketones (excluding diaryl/α,β-unsaturated/α-hetero) is 2. The van der Waals surface area contributed by atoms with E-state index in [2.05, 4.69) is 5.32 Å². The number of phenols is 1. The lowest BCUT2D eigenvalue weighted by atomic mass is 9.98. The molecule has 0 aromatic heterocycles. The van der Waals surface area contributed by atoms with Gasteiger partial charge in [-0.25, -0.2) is 0 Å². The first-order valence-corrected chi connectivity index (χ1v) is 10.2. The van der Waals surface area contributed by atoms with Crippen LogP contribution < -0.4 is 22.5 Å². The number of primary amides is 1. The molecule has 1 unspecified atom stereocenters. The van der Waals surface area contributed by atoms with Gasteiger partial charge >= 0.3 is 0 Å². The largest absolute Gasteiger partial charge is 0.508 e.